The monoisotopic (exact) mass is 328 g/mol. The van der Waals surface area contributed by atoms with Gasteiger partial charge in [-0.15, -0.1) is 0 Å². The van der Waals surface area contributed by atoms with Gasteiger partial charge >= 0.3 is 5.92 Å². The molecule has 0 radical (unpaired) electrons. The maximum atomic E-state index is 13.3. The lowest BCUT2D eigenvalue weighted by Gasteiger charge is -2.07. The average molecular weight is 329 g/mol. The average Bonchev–Trinajstić information content (AvgIpc) is 2.44. The van der Waals surface area contributed by atoms with Crippen molar-refractivity contribution in [2.45, 2.75) is 23.0 Å². The Hall–Kier alpha value is -0.560. The van der Waals surface area contributed by atoms with Crippen molar-refractivity contribution in [1.29, 1.82) is 0 Å². The van der Waals surface area contributed by atoms with E-state index in [0.29, 0.717) is 4.47 Å². The van der Waals surface area contributed by atoms with Crippen LogP contribution >= 0.6 is 27.7 Å². The van der Waals surface area contributed by atoms with Crippen molar-refractivity contribution >= 4 is 33.5 Å². The minimum Gasteiger partial charge on any atom is -0.287 e. The van der Waals surface area contributed by atoms with Gasteiger partial charge in [-0.1, -0.05) is 27.7 Å². The van der Waals surface area contributed by atoms with Crippen molar-refractivity contribution in [2.24, 2.45) is 0 Å². The molecular weight excluding hydrogens is 324 g/mol. The number of Topliss-reactive ketones (excluding diaryl/α,β-unsaturated/α-hetero) is 1. The van der Waals surface area contributed by atoms with Gasteiger partial charge in [0.2, 0.25) is 5.78 Å². The zero-order chi connectivity index (χ0) is 12.8. The van der Waals surface area contributed by atoms with E-state index in [9.17, 15) is 22.4 Å². The molecule has 2 rings (SSSR count). The number of fused-ring (bicyclic) bond motifs is 1. The largest absolute Gasteiger partial charge is 0.313 e. The van der Waals surface area contributed by atoms with Crippen LogP contribution in [0.2, 0.25) is 0 Å². The highest BCUT2D eigenvalue weighted by Gasteiger charge is 2.48. The van der Waals surface area contributed by atoms with Gasteiger partial charge in [0.15, 0.2) is 0 Å². The van der Waals surface area contributed by atoms with E-state index in [1.54, 1.807) is 0 Å². The molecule has 0 spiro atoms. The van der Waals surface area contributed by atoms with Crippen LogP contribution in [0.4, 0.5) is 17.6 Å². The fourth-order valence-corrected chi connectivity index (χ4v) is 2.84. The highest BCUT2D eigenvalue weighted by molar-refractivity contribution is 9.10. The Labute approximate surface area is 107 Å². The predicted octanol–water partition coefficient (Wildman–Crippen LogP) is 4.14. The van der Waals surface area contributed by atoms with E-state index in [1.807, 2.05) is 0 Å². The van der Waals surface area contributed by atoms with E-state index in [-0.39, 0.29) is 27.8 Å². The van der Waals surface area contributed by atoms with Crippen LogP contribution in [0, 0.1) is 0 Å². The molecule has 0 aromatic heterocycles. The van der Waals surface area contributed by atoms with Gasteiger partial charge in [-0.05, 0) is 17.7 Å². The minimum atomic E-state index is -3.50. The van der Waals surface area contributed by atoms with Gasteiger partial charge in [-0.25, -0.2) is 0 Å². The standard InChI is InChI=1S/C10H5BrF4OS/c11-5-1-2-6(17-9(12)13)7-4(5)3-10(14,15)8(7)16/h1-2,9H,3H2. The number of thioether (sulfide) groups is 1. The lowest BCUT2D eigenvalue weighted by molar-refractivity contribution is 0.0166. The van der Waals surface area contributed by atoms with E-state index in [0.717, 1.165) is 0 Å². The van der Waals surface area contributed by atoms with Crippen molar-refractivity contribution in [3.63, 3.8) is 0 Å². The van der Waals surface area contributed by atoms with Crippen molar-refractivity contribution < 1.29 is 22.4 Å². The van der Waals surface area contributed by atoms with Crippen molar-refractivity contribution in [1.82, 2.24) is 0 Å². The van der Waals surface area contributed by atoms with Crippen LogP contribution in [-0.4, -0.2) is 17.5 Å². The highest BCUT2D eigenvalue weighted by atomic mass is 79.9. The molecule has 0 amide bonds. The van der Waals surface area contributed by atoms with Crippen LogP contribution in [0.1, 0.15) is 15.9 Å². The molecule has 0 heterocycles. The molecular formula is C10H5BrF4OS. The van der Waals surface area contributed by atoms with Crippen LogP contribution < -0.4 is 0 Å². The first-order valence-corrected chi connectivity index (χ1v) is 6.19. The third kappa shape index (κ3) is 2.22. The van der Waals surface area contributed by atoms with E-state index in [1.165, 1.54) is 12.1 Å². The molecule has 1 aromatic rings. The molecule has 1 aliphatic carbocycles. The Morgan fingerprint density at radius 3 is 2.59 bits per heavy atom. The van der Waals surface area contributed by atoms with E-state index in [2.05, 4.69) is 15.9 Å². The second-order valence-electron chi connectivity index (χ2n) is 3.49. The number of alkyl halides is 4. The Morgan fingerprint density at radius 1 is 1.35 bits per heavy atom. The van der Waals surface area contributed by atoms with Gasteiger partial charge in [-0.2, -0.15) is 17.6 Å². The first kappa shape index (κ1) is 12.9. The molecule has 0 atom stereocenters. The number of benzene rings is 1. The van der Waals surface area contributed by atoms with E-state index >= 15 is 0 Å². The molecule has 1 nitrogen and oxygen atoms in total. The van der Waals surface area contributed by atoms with Crippen molar-refractivity contribution in [3.05, 3.63) is 27.7 Å². The number of ketones is 1. The fraction of sp³-hybridized carbons (Fsp3) is 0.300. The van der Waals surface area contributed by atoms with Crippen molar-refractivity contribution in [2.75, 3.05) is 0 Å². The lowest BCUT2D eigenvalue weighted by Crippen LogP contribution is -2.24. The van der Waals surface area contributed by atoms with Gasteiger partial charge in [0.1, 0.15) is 0 Å². The maximum Gasteiger partial charge on any atom is 0.313 e. The van der Waals surface area contributed by atoms with Crippen LogP contribution in [0.3, 0.4) is 0 Å². The molecule has 92 valence electrons. The summed E-state index contributed by atoms with van der Waals surface area (Å²) in [4.78, 5) is 11.3. The number of carbonyl (C=O) groups excluding carboxylic acids is 1. The molecule has 1 aromatic carbocycles. The quantitative estimate of drug-likeness (QED) is 0.599. The minimum absolute atomic E-state index is 0.0969. The Morgan fingerprint density at radius 2 is 2.00 bits per heavy atom. The number of halogens is 5. The third-order valence-electron chi connectivity index (χ3n) is 2.39. The van der Waals surface area contributed by atoms with Gasteiger partial charge in [0.25, 0.3) is 5.76 Å². The second kappa shape index (κ2) is 4.28. The summed E-state index contributed by atoms with van der Waals surface area (Å²) in [6.45, 7) is 0. The van der Waals surface area contributed by atoms with Crippen LogP contribution in [-0.2, 0) is 6.42 Å². The van der Waals surface area contributed by atoms with E-state index in [4.69, 9.17) is 0 Å². The Balaban J connectivity index is 2.55. The summed E-state index contributed by atoms with van der Waals surface area (Å²) in [6.07, 6.45) is -0.737. The first-order chi connectivity index (χ1) is 7.83. The topological polar surface area (TPSA) is 17.1 Å². The summed E-state index contributed by atoms with van der Waals surface area (Å²) < 4.78 is 51.4. The van der Waals surface area contributed by atoms with E-state index < -0.39 is 23.9 Å². The summed E-state index contributed by atoms with van der Waals surface area (Å²) >= 11 is 3.15. The van der Waals surface area contributed by atoms with Gasteiger partial charge < -0.3 is 0 Å². The van der Waals surface area contributed by atoms with Gasteiger partial charge in [-0.3, -0.25) is 4.79 Å². The molecule has 0 saturated carbocycles. The lowest BCUT2D eigenvalue weighted by atomic mass is 10.1. The molecule has 0 unspecified atom stereocenters. The molecule has 0 aliphatic heterocycles. The van der Waals surface area contributed by atoms with Gasteiger partial charge in [0.05, 0.1) is 0 Å². The molecule has 1 aliphatic rings. The Bertz CT molecular complexity index is 489. The van der Waals surface area contributed by atoms with Gasteiger partial charge in [0, 0.05) is 21.4 Å². The molecule has 0 fully saturated rings. The van der Waals surface area contributed by atoms with Crippen LogP contribution in [0.5, 0.6) is 0 Å². The summed E-state index contributed by atoms with van der Waals surface area (Å²) in [5, 5.41) is 0. The predicted molar refractivity (Wildman–Crippen MR) is 59.0 cm³/mol. The summed E-state index contributed by atoms with van der Waals surface area (Å²) in [6, 6.07) is 2.65. The number of rotatable bonds is 2. The first-order valence-electron chi connectivity index (χ1n) is 4.52. The van der Waals surface area contributed by atoms with Crippen molar-refractivity contribution in [3.8, 4) is 0 Å². The summed E-state index contributed by atoms with van der Waals surface area (Å²) in [5.74, 6) is -7.62. The summed E-state index contributed by atoms with van der Waals surface area (Å²) in [7, 11) is 0. The SMILES string of the molecule is O=C1c2c(SC(F)F)ccc(Br)c2CC1(F)F. The second-order valence-corrected chi connectivity index (χ2v) is 5.37. The third-order valence-corrected chi connectivity index (χ3v) is 3.91. The highest BCUT2D eigenvalue weighted by Crippen LogP contribution is 2.43. The number of hydrogen-bond donors (Lipinski definition) is 0. The zero-order valence-electron chi connectivity index (χ0n) is 8.15. The molecule has 0 N–H and O–H groups in total. The maximum absolute atomic E-state index is 13.3. The molecule has 7 heteroatoms. The molecule has 17 heavy (non-hydrogen) atoms. The molecule has 0 saturated heterocycles. The number of hydrogen-bond acceptors (Lipinski definition) is 2. The molecule has 0 bridgehead atoms. The van der Waals surface area contributed by atoms with Crippen LogP contribution in [0.15, 0.2) is 21.5 Å². The fourth-order valence-electron chi connectivity index (χ4n) is 1.70. The number of carbonyl (C=O) groups is 1. The normalized spacial score (nSPS) is 17.6. The zero-order valence-corrected chi connectivity index (χ0v) is 10.5. The smallest absolute Gasteiger partial charge is 0.287 e. The van der Waals surface area contributed by atoms with Crippen LogP contribution in [0.25, 0.3) is 0 Å². The Kier molecular flexibility index (Phi) is 3.24. The summed E-state index contributed by atoms with van der Waals surface area (Å²) in [5.41, 5.74) is -0.180.